The third-order valence-electron chi connectivity index (χ3n) is 2.29. The molecule has 90 valence electrons. The van der Waals surface area contributed by atoms with E-state index in [1.54, 1.807) is 0 Å². The first-order valence-electron chi connectivity index (χ1n) is 5.28. The van der Waals surface area contributed by atoms with Crippen LogP contribution in [0.3, 0.4) is 0 Å². The molecular formula is C12H11N5S. The average Bonchev–Trinajstić information content (AvgIpc) is 2.82. The standard InChI is InChI=1S/C12H11N5S/c13-12-16-11(8-18-12)10-5-3-9(4-6-10)2-1-7-15-17-14/h1-6,8H,7H2,(H2,13,16). The van der Waals surface area contributed by atoms with Crippen molar-refractivity contribution in [3.8, 4) is 11.3 Å². The molecule has 0 radical (unpaired) electrons. The molecule has 1 aromatic carbocycles. The van der Waals surface area contributed by atoms with Gasteiger partial charge in [-0.3, -0.25) is 0 Å². The predicted molar refractivity (Wildman–Crippen MR) is 75.0 cm³/mol. The van der Waals surface area contributed by atoms with Gasteiger partial charge in [0.25, 0.3) is 0 Å². The van der Waals surface area contributed by atoms with Crippen LogP contribution in [0.2, 0.25) is 0 Å². The molecule has 0 aliphatic heterocycles. The highest BCUT2D eigenvalue weighted by Gasteiger charge is 2.01. The molecule has 18 heavy (non-hydrogen) atoms. The van der Waals surface area contributed by atoms with Gasteiger partial charge in [0, 0.05) is 22.4 Å². The van der Waals surface area contributed by atoms with Crippen LogP contribution in [0.15, 0.2) is 40.8 Å². The summed E-state index contributed by atoms with van der Waals surface area (Å²) in [7, 11) is 0. The van der Waals surface area contributed by atoms with Gasteiger partial charge in [0.15, 0.2) is 5.13 Å². The number of rotatable bonds is 4. The van der Waals surface area contributed by atoms with Crippen molar-refractivity contribution >= 4 is 22.5 Å². The molecule has 0 fully saturated rings. The molecule has 0 atom stereocenters. The summed E-state index contributed by atoms with van der Waals surface area (Å²) < 4.78 is 0. The van der Waals surface area contributed by atoms with Gasteiger partial charge < -0.3 is 5.73 Å². The molecule has 0 bridgehead atoms. The van der Waals surface area contributed by atoms with Gasteiger partial charge in [0.1, 0.15) is 0 Å². The zero-order valence-electron chi connectivity index (χ0n) is 9.52. The van der Waals surface area contributed by atoms with E-state index in [1.807, 2.05) is 41.8 Å². The molecule has 1 aromatic heterocycles. The van der Waals surface area contributed by atoms with Crippen molar-refractivity contribution in [2.24, 2.45) is 5.11 Å². The second kappa shape index (κ2) is 5.86. The highest BCUT2D eigenvalue weighted by atomic mass is 32.1. The Morgan fingerprint density at radius 3 is 2.78 bits per heavy atom. The molecule has 5 nitrogen and oxygen atoms in total. The number of aromatic nitrogens is 1. The van der Waals surface area contributed by atoms with Crippen molar-refractivity contribution in [2.75, 3.05) is 12.3 Å². The van der Waals surface area contributed by atoms with Gasteiger partial charge in [0.2, 0.25) is 0 Å². The molecule has 0 saturated carbocycles. The summed E-state index contributed by atoms with van der Waals surface area (Å²) >= 11 is 1.43. The quantitative estimate of drug-likeness (QED) is 0.514. The number of nitrogen functional groups attached to an aromatic ring is 1. The Kier molecular flexibility index (Phi) is 3.96. The summed E-state index contributed by atoms with van der Waals surface area (Å²) in [6.07, 6.45) is 3.73. The molecule has 0 amide bonds. The summed E-state index contributed by atoms with van der Waals surface area (Å²) in [6.45, 7) is 0.362. The van der Waals surface area contributed by atoms with Crippen molar-refractivity contribution in [3.63, 3.8) is 0 Å². The zero-order chi connectivity index (χ0) is 12.8. The largest absolute Gasteiger partial charge is 0.375 e. The van der Waals surface area contributed by atoms with Crippen molar-refractivity contribution in [1.29, 1.82) is 0 Å². The summed E-state index contributed by atoms with van der Waals surface area (Å²) in [5.74, 6) is 0. The molecule has 2 N–H and O–H groups in total. The van der Waals surface area contributed by atoms with Crippen LogP contribution in [0, 0.1) is 0 Å². The molecule has 0 aliphatic carbocycles. The SMILES string of the molecule is [N-]=[N+]=NCC=Cc1ccc(-c2csc(N)n2)cc1. The number of azide groups is 1. The molecule has 0 unspecified atom stereocenters. The smallest absolute Gasteiger partial charge is 0.180 e. The van der Waals surface area contributed by atoms with E-state index in [1.165, 1.54) is 11.3 Å². The Labute approximate surface area is 108 Å². The van der Waals surface area contributed by atoms with Gasteiger partial charge in [-0.25, -0.2) is 4.98 Å². The maximum atomic E-state index is 8.14. The number of nitrogens with zero attached hydrogens (tertiary/aromatic N) is 4. The van der Waals surface area contributed by atoms with Crippen molar-refractivity contribution in [3.05, 3.63) is 51.7 Å². The fourth-order valence-electron chi connectivity index (χ4n) is 1.46. The van der Waals surface area contributed by atoms with Gasteiger partial charge in [-0.2, -0.15) is 0 Å². The van der Waals surface area contributed by atoms with Gasteiger partial charge in [-0.1, -0.05) is 41.5 Å². The minimum Gasteiger partial charge on any atom is -0.375 e. The van der Waals surface area contributed by atoms with E-state index in [2.05, 4.69) is 15.0 Å². The molecule has 6 heteroatoms. The Morgan fingerprint density at radius 1 is 1.39 bits per heavy atom. The highest BCUT2D eigenvalue weighted by molar-refractivity contribution is 7.13. The minimum atomic E-state index is 0.362. The van der Waals surface area contributed by atoms with Crippen LogP contribution in [0.4, 0.5) is 5.13 Å². The Hall–Kier alpha value is -2.30. The number of benzene rings is 1. The van der Waals surface area contributed by atoms with E-state index >= 15 is 0 Å². The molecular weight excluding hydrogens is 246 g/mol. The summed E-state index contributed by atoms with van der Waals surface area (Å²) in [6, 6.07) is 7.94. The van der Waals surface area contributed by atoms with Crippen LogP contribution in [0.25, 0.3) is 27.8 Å². The Morgan fingerprint density at radius 2 is 2.17 bits per heavy atom. The molecule has 2 aromatic rings. The highest BCUT2D eigenvalue weighted by Crippen LogP contribution is 2.23. The number of hydrogen-bond acceptors (Lipinski definition) is 4. The number of hydrogen-bond donors (Lipinski definition) is 1. The lowest BCUT2D eigenvalue weighted by Crippen LogP contribution is -1.83. The molecule has 1 heterocycles. The van der Waals surface area contributed by atoms with Crippen LogP contribution in [0.1, 0.15) is 5.56 Å². The average molecular weight is 257 g/mol. The normalized spacial score (nSPS) is 10.4. The first-order chi connectivity index (χ1) is 8.79. The fraction of sp³-hybridized carbons (Fsp3) is 0.0833. The van der Waals surface area contributed by atoms with Crippen LogP contribution in [-0.2, 0) is 0 Å². The lowest BCUT2D eigenvalue weighted by molar-refractivity contribution is 1.22. The second-order valence-corrected chi connectivity index (χ2v) is 4.40. The maximum Gasteiger partial charge on any atom is 0.180 e. The third kappa shape index (κ3) is 3.10. The van der Waals surface area contributed by atoms with Crippen LogP contribution in [-0.4, -0.2) is 11.5 Å². The minimum absolute atomic E-state index is 0.362. The molecule has 0 aliphatic rings. The first-order valence-corrected chi connectivity index (χ1v) is 6.16. The van der Waals surface area contributed by atoms with E-state index < -0.39 is 0 Å². The Bertz CT molecular complexity index is 593. The predicted octanol–water partition coefficient (Wildman–Crippen LogP) is 3.72. The van der Waals surface area contributed by atoms with E-state index in [-0.39, 0.29) is 0 Å². The van der Waals surface area contributed by atoms with E-state index in [0.717, 1.165) is 16.8 Å². The summed E-state index contributed by atoms with van der Waals surface area (Å²) in [5, 5.41) is 5.93. The molecule has 2 rings (SSSR count). The van der Waals surface area contributed by atoms with E-state index in [4.69, 9.17) is 11.3 Å². The van der Waals surface area contributed by atoms with Crippen molar-refractivity contribution in [1.82, 2.24) is 4.98 Å². The Balaban J connectivity index is 2.10. The zero-order valence-corrected chi connectivity index (χ0v) is 10.3. The van der Waals surface area contributed by atoms with Crippen LogP contribution >= 0.6 is 11.3 Å². The molecule has 0 saturated heterocycles. The lowest BCUT2D eigenvalue weighted by Gasteiger charge is -1.97. The van der Waals surface area contributed by atoms with Crippen molar-refractivity contribution in [2.45, 2.75) is 0 Å². The lowest BCUT2D eigenvalue weighted by atomic mass is 10.1. The van der Waals surface area contributed by atoms with E-state index in [0.29, 0.717) is 11.7 Å². The maximum absolute atomic E-state index is 8.14. The third-order valence-corrected chi connectivity index (χ3v) is 2.96. The number of anilines is 1. The topological polar surface area (TPSA) is 87.7 Å². The summed E-state index contributed by atoms with van der Waals surface area (Å²) in [4.78, 5) is 6.90. The summed E-state index contributed by atoms with van der Waals surface area (Å²) in [5.41, 5.74) is 16.7. The second-order valence-electron chi connectivity index (χ2n) is 3.51. The first kappa shape index (κ1) is 12.2. The number of thiazole rings is 1. The van der Waals surface area contributed by atoms with Gasteiger partial charge >= 0.3 is 0 Å². The van der Waals surface area contributed by atoms with Crippen LogP contribution in [0.5, 0.6) is 0 Å². The van der Waals surface area contributed by atoms with Crippen molar-refractivity contribution < 1.29 is 0 Å². The monoisotopic (exact) mass is 257 g/mol. The fourth-order valence-corrected chi connectivity index (χ4v) is 2.03. The number of nitrogens with two attached hydrogens (primary N) is 1. The van der Waals surface area contributed by atoms with Gasteiger partial charge in [-0.15, -0.1) is 11.3 Å². The van der Waals surface area contributed by atoms with Gasteiger partial charge in [-0.05, 0) is 11.1 Å². The molecule has 0 spiro atoms. The van der Waals surface area contributed by atoms with Gasteiger partial charge in [0.05, 0.1) is 5.69 Å². The van der Waals surface area contributed by atoms with Crippen LogP contribution < -0.4 is 5.73 Å². The van der Waals surface area contributed by atoms with E-state index in [9.17, 15) is 0 Å².